The number of phenolic OH excluding ortho intramolecular Hbond substituents is 1. The van der Waals surface area contributed by atoms with Crippen molar-refractivity contribution in [2.24, 2.45) is 0 Å². The van der Waals surface area contributed by atoms with Crippen LogP contribution in [0.4, 0.5) is 10.5 Å². The van der Waals surface area contributed by atoms with Crippen molar-refractivity contribution in [3.8, 4) is 5.75 Å². The average Bonchev–Trinajstić information content (AvgIpc) is 3.36. The van der Waals surface area contributed by atoms with Crippen LogP contribution in [0, 0.1) is 6.92 Å². The summed E-state index contributed by atoms with van der Waals surface area (Å²) in [6.45, 7) is 3.78. The van der Waals surface area contributed by atoms with Gasteiger partial charge in [0, 0.05) is 24.7 Å². The van der Waals surface area contributed by atoms with Crippen LogP contribution in [0.5, 0.6) is 5.75 Å². The fourth-order valence-electron chi connectivity index (χ4n) is 4.56. The maximum absolute atomic E-state index is 12.8. The van der Waals surface area contributed by atoms with Gasteiger partial charge in [-0.05, 0) is 48.6 Å². The zero-order chi connectivity index (χ0) is 27.8. The second-order valence-corrected chi connectivity index (χ2v) is 9.76. The van der Waals surface area contributed by atoms with Gasteiger partial charge in [0.15, 0.2) is 0 Å². The summed E-state index contributed by atoms with van der Waals surface area (Å²) in [6, 6.07) is 20.5. The predicted molar refractivity (Wildman–Crippen MR) is 148 cm³/mol. The van der Waals surface area contributed by atoms with Crippen molar-refractivity contribution >= 4 is 23.6 Å². The van der Waals surface area contributed by atoms with Crippen LogP contribution in [-0.2, 0) is 33.8 Å². The lowest BCUT2D eigenvalue weighted by Crippen LogP contribution is -2.52. The molecule has 39 heavy (non-hydrogen) atoms. The van der Waals surface area contributed by atoms with Crippen molar-refractivity contribution < 1.29 is 24.2 Å². The molecule has 3 aromatic carbocycles. The molecule has 0 aromatic heterocycles. The van der Waals surface area contributed by atoms with Gasteiger partial charge in [0.1, 0.15) is 24.4 Å². The van der Waals surface area contributed by atoms with E-state index in [1.165, 1.54) is 0 Å². The first-order chi connectivity index (χ1) is 18.8. The van der Waals surface area contributed by atoms with E-state index in [-0.39, 0.29) is 30.7 Å². The molecule has 1 heterocycles. The standard InChI is InChI=1S/C30H34N4O5/c1-19-13-24(35)15-26-25(19)16-27(34-26)29(37)32-20(2)28(36)31-17-23(14-21-9-5-3-6-10-21)33-30(38)39-18-22-11-7-4-8-12-22/h3-13,15,20,23,27,34-35H,14,16-18H2,1-2H3,(H,31,36)(H,32,37)(H,33,38)/t20-,23+,27+/m1/s1. The van der Waals surface area contributed by atoms with E-state index in [1.54, 1.807) is 19.1 Å². The topological polar surface area (TPSA) is 129 Å². The monoisotopic (exact) mass is 530 g/mol. The molecule has 9 nitrogen and oxygen atoms in total. The number of benzene rings is 3. The molecule has 0 unspecified atom stereocenters. The zero-order valence-electron chi connectivity index (χ0n) is 22.1. The van der Waals surface area contributed by atoms with Crippen LogP contribution in [0.1, 0.15) is 29.2 Å². The van der Waals surface area contributed by atoms with Crippen LogP contribution in [-0.4, -0.2) is 47.7 Å². The Labute approximate surface area is 228 Å². The van der Waals surface area contributed by atoms with E-state index in [4.69, 9.17) is 4.74 Å². The normalized spacial score (nSPS) is 15.3. The number of nitrogens with one attached hydrogen (secondary N) is 4. The number of fused-ring (bicyclic) bond motifs is 1. The smallest absolute Gasteiger partial charge is 0.407 e. The molecule has 1 aliphatic rings. The van der Waals surface area contributed by atoms with E-state index in [1.807, 2.05) is 67.6 Å². The van der Waals surface area contributed by atoms with Crippen LogP contribution in [0.25, 0.3) is 0 Å². The van der Waals surface area contributed by atoms with E-state index in [0.29, 0.717) is 12.8 Å². The average molecular weight is 531 g/mol. The Morgan fingerprint density at radius 1 is 1.00 bits per heavy atom. The molecule has 0 aliphatic carbocycles. The van der Waals surface area contributed by atoms with E-state index in [2.05, 4.69) is 21.3 Å². The number of carbonyl (C=O) groups excluding carboxylic acids is 3. The molecule has 3 amide bonds. The fourth-order valence-corrected chi connectivity index (χ4v) is 4.56. The molecule has 0 radical (unpaired) electrons. The molecule has 1 aliphatic heterocycles. The highest BCUT2D eigenvalue weighted by atomic mass is 16.5. The summed E-state index contributed by atoms with van der Waals surface area (Å²) >= 11 is 0. The van der Waals surface area contributed by atoms with Gasteiger partial charge in [-0.2, -0.15) is 0 Å². The van der Waals surface area contributed by atoms with Crippen LogP contribution in [0.2, 0.25) is 0 Å². The number of aryl methyl sites for hydroxylation is 1. The maximum atomic E-state index is 12.8. The highest BCUT2D eigenvalue weighted by Crippen LogP contribution is 2.32. The molecule has 0 spiro atoms. The minimum Gasteiger partial charge on any atom is -0.508 e. The van der Waals surface area contributed by atoms with Crippen molar-refractivity contribution in [2.75, 3.05) is 11.9 Å². The Bertz CT molecular complexity index is 1300. The third-order valence-corrected chi connectivity index (χ3v) is 6.65. The van der Waals surface area contributed by atoms with E-state index in [9.17, 15) is 19.5 Å². The Kier molecular flexibility index (Phi) is 9.04. The number of hydrogen-bond donors (Lipinski definition) is 5. The molecular weight excluding hydrogens is 496 g/mol. The lowest BCUT2D eigenvalue weighted by molar-refractivity contribution is -0.128. The molecule has 3 aromatic rings. The van der Waals surface area contributed by atoms with Gasteiger partial charge < -0.3 is 31.1 Å². The summed E-state index contributed by atoms with van der Waals surface area (Å²) in [7, 11) is 0. The summed E-state index contributed by atoms with van der Waals surface area (Å²) in [5, 5.41) is 21.4. The summed E-state index contributed by atoms with van der Waals surface area (Å²) in [5.74, 6) is -0.545. The Morgan fingerprint density at radius 2 is 1.67 bits per heavy atom. The molecule has 0 bridgehead atoms. The quantitative estimate of drug-likeness (QED) is 0.274. The lowest BCUT2D eigenvalue weighted by Gasteiger charge is -2.22. The van der Waals surface area contributed by atoms with Gasteiger partial charge in [0.2, 0.25) is 11.8 Å². The number of amides is 3. The van der Waals surface area contributed by atoms with E-state index >= 15 is 0 Å². The van der Waals surface area contributed by atoms with Gasteiger partial charge in [0.05, 0.1) is 6.04 Å². The Hall–Kier alpha value is -4.53. The lowest BCUT2D eigenvalue weighted by atomic mass is 10.0. The Balaban J connectivity index is 1.29. The van der Waals surface area contributed by atoms with Crippen molar-refractivity contribution in [2.45, 2.75) is 51.4 Å². The molecule has 5 N–H and O–H groups in total. The predicted octanol–water partition coefficient (Wildman–Crippen LogP) is 3.20. The summed E-state index contributed by atoms with van der Waals surface area (Å²) < 4.78 is 5.36. The third-order valence-electron chi connectivity index (χ3n) is 6.65. The van der Waals surface area contributed by atoms with Gasteiger partial charge in [-0.3, -0.25) is 9.59 Å². The van der Waals surface area contributed by atoms with E-state index < -0.39 is 24.2 Å². The fraction of sp³-hybridized carbons (Fsp3) is 0.300. The van der Waals surface area contributed by atoms with Crippen molar-refractivity contribution in [1.29, 1.82) is 0 Å². The molecule has 0 fully saturated rings. The van der Waals surface area contributed by atoms with E-state index in [0.717, 1.165) is 27.9 Å². The second-order valence-electron chi connectivity index (χ2n) is 9.76. The largest absolute Gasteiger partial charge is 0.508 e. The molecule has 9 heteroatoms. The molecule has 0 saturated carbocycles. The highest BCUT2D eigenvalue weighted by molar-refractivity contribution is 5.92. The SMILES string of the molecule is Cc1cc(O)cc2c1C[C@@H](C(=O)N[C@H](C)C(=O)NC[C@H](Cc1ccccc1)NC(=O)OCc1ccccc1)N2. The highest BCUT2D eigenvalue weighted by Gasteiger charge is 2.30. The Morgan fingerprint density at radius 3 is 2.36 bits per heavy atom. The van der Waals surface area contributed by atoms with Crippen LogP contribution >= 0.6 is 0 Å². The zero-order valence-corrected chi connectivity index (χ0v) is 22.1. The maximum Gasteiger partial charge on any atom is 0.407 e. The number of rotatable bonds is 10. The summed E-state index contributed by atoms with van der Waals surface area (Å²) in [4.78, 5) is 38.2. The number of anilines is 1. The minimum absolute atomic E-state index is 0.134. The van der Waals surface area contributed by atoms with Crippen LogP contribution in [0.3, 0.4) is 0 Å². The van der Waals surface area contributed by atoms with Crippen molar-refractivity contribution in [3.05, 3.63) is 95.1 Å². The van der Waals surface area contributed by atoms with Crippen molar-refractivity contribution in [1.82, 2.24) is 16.0 Å². The molecule has 0 saturated heterocycles. The number of aromatic hydroxyl groups is 1. The molecule has 3 atom stereocenters. The number of ether oxygens (including phenoxy) is 1. The second kappa shape index (κ2) is 12.8. The van der Waals surface area contributed by atoms with Gasteiger partial charge in [0.25, 0.3) is 0 Å². The molecule has 4 rings (SSSR count). The number of alkyl carbamates (subject to hydrolysis) is 1. The third kappa shape index (κ3) is 7.73. The molecular formula is C30H34N4O5. The first-order valence-corrected chi connectivity index (χ1v) is 13.0. The number of hydrogen-bond acceptors (Lipinski definition) is 6. The van der Waals surface area contributed by atoms with Gasteiger partial charge >= 0.3 is 6.09 Å². The minimum atomic E-state index is -0.792. The van der Waals surface area contributed by atoms with Gasteiger partial charge in [-0.25, -0.2) is 4.79 Å². The first kappa shape index (κ1) is 27.5. The first-order valence-electron chi connectivity index (χ1n) is 13.0. The van der Waals surface area contributed by atoms with Gasteiger partial charge in [-0.15, -0.1) is 0 Å². The number of carbonyl (C=O) groups is 3. The van der Waals surface area contributed by atoms with Gasteiger partial charge in [-0.1, -0.05) is 60.7 Å². The van der Waals surface area contributed by atoms with Crippen LogP contribution < -0.4 is 21.3 Å². The summed E-state index contributed by atoms with van der Waals surface area (Å²) in [5.41, 5.74) is 4.46. The number of phenols is 1. The van der Waals surface area contributed by atoms with Crippen LogP contribution in [0.15, 0.2) is 72.8 Å². The summed E-state index contributed by atoms with van der Waals surface area (Å²) in [6.07, 6.45) is 0.373. The van der Waals surface area contributed by atoms with Crippen molar-refractivity contribution in [3.63, 3.8) is 0 Å². The molecule has 204 valence electrons.